The fraction of sp³-hybridized carbons (Fsp3) is 0.294. The summed E-state index contributed by atoms with van der Waals surface area (Å²) in [6.07, 6.45) is 4.21. The Labute approximate surface area is 152 Å². The Morgan fingerprint density at radius 1 is 1.20 bits per heavy atom. The molecule has 1 saturated carbocycles. The zero-order valence-electron chi connectivity index (χ0n) is 13.0. The van der Waals surface area contributed by atoms with Gasteiger partial charge in [-0.1, -0.05) is 35.7 Å². The van der Waals surface area contributed by atoms with E-state index in [-0.39, 0.29) is 27.3 Å². The van der Waals surface area contributed by atoms with Gasteiger partial charge in [0.25, 0.3) is 5.78 Å². The number of nitrogens with zero attached hydrogens (tertiary/aromatic N) is 4. The van der Waals surface area contributed by atoms with E-state index in [2.05, 4.69) is 15.1 Å². The SMILES string of the molecule is O=C1CCCCC1c1c(-c2c(F)cccc2Cl)c(Cl)nc2ncnn12. The molecule has 128 valence electrons. The molecule has 3 aromatic rings. The highest BCUT2D eigenvalue weighted by molar-refractivity contribution is 6.36. The van der Waals surface area contributed by atoms with Crippen molar-refractivity contribution in [2.75, 3.05) is 0 Å². The van der Waals surface area contributed by atoms with Crippen LogP contribution >= 0.6 is 23.2 Å². The van der Waals surface area contributed by atoms with E-state index in [4.69, 9.17) is 23.2 Å². The number of aromatic nitrogens is 4. The Balaban J connectivity index is 2.08. The lowest BCUT2D eigenvalue weighted by Gasteiger charge is -2.24. The molecule has 0 N–H and O–H groups in total. The van der Waals surface area contributed by atoms with Gasteiger partial charge in [0.2, 0.25) is 0 Å². The van der Waals surface area contributed by atoms with Crippen molar-refractivity contribution >= 4 is 34.8 Å². The molecule has 1 unspecified atom stereocenters. The van der Waals surface area contributed by atoms with Crippen molar-refractivity contribution in [3.8, 4) is 11.1 Å². The molecule has 25 heavy (non-hydrogen) atoms. The van der Waals surface area contributed by atoms with Gasteiger partial charge in [0, 0.05) is 17.5 Å². The Hall–Kier alpha value is -2.05. The molecule has 1 aliphatic carbocycles. The number of rotatable bonds is 2. The highest BCUT2D eigenvalue weighted by atomic mass is 35.5. The third-order valence-corrected chi connectivity index (χ3v) is 5.10. The van der Waals surface area contributed by atoms with Crippen molar-refractivity contribution in [2.24, 2.45) is 0 Å². The standard InChI is InChI=1S/C17H13Cl2FN4O/c18-10-5-3-6-11(20)13(10)14-15(9-4-1-2-7-12(9)25)24-17(21-8-22-24)23-16(14)19/h3,5-6,8-9H,1-2,4,7H2. The maximum atomic E-state index is 14.6. The molecule has 8 heteroatoms. The van der Waals surface area contributed by atoms with Gasteiger partial charge >= 0.3 is 0 Å². The number of fused-ring (bicyclic) bond motifs is 1. The smallest absolute Gasteiger partial charge is 0.253 e. The first-order valence-electron chi connectivity index (χ1n) is 7.94. The number of hydrogen-bond donors (Lipinski definition) is 0. The summed E-state index contributed by atoms with van der Waals surface area (Å²) in [7, 11) is 0. The summed E-state index contributed by atoms with van der Waals surface area (Å²) < 4.78 is 16.1. The average molecular weight is 379 g/mol. The van der Waals surface area contributed by atoms with Gasteiger partial charge in [-0.2, -0.15) is 19.6 Å². The molecule has 0 saturated heterocycles. The highest BCUT2D eigenvalue weighted by Crippen LogP contribution is 2.42. The summed E-state index contributed by atoms with van der Waals surface area (Å²) in [6, 6.07) is 4.39. The fourth-order valence-electron chi connectivity index (χ4n) is 3.40. The molecule has 5 nitrogen and oxygen atoms in total. The third kappa shape index (κ3) is 2.69. The van der Waals surface area contributed by atoms with Crippen LogP contribution < -0.4 is 0 Å². The Kier molecular flexibility index (Phi) is 4.17. The van der Waals surface area contributed by atoms with Gasteiger partial charge in [-0.15, -0.1) is 0 Å². The second-order valence-electron chi connectivity index (χ2n) is 6.00. The number of halogens is 3. The summed E-state index contributed by atoms with van der Waals surface area (Å²) in [5.41, 5.74) is 0.944. The maximum absolute atomic E-state index is 14.6. The number of Topliss-reactive ketones (excluding diaryl/α,β-unsaturated/α-hetero) is 1. The van der Waals surface area contributed by atoms with Crippen molar-refractivity contribution in [2.45, 2.75) is 31.6 Å². The first kappa shape index (κ1) is 16.4. The Morgan fingerprint density at radius 2 is 2.04 bits per heavy atom. The molecule has 0 radical (unpaired) electrons. The number of ketones is 1. The minimum atomic E-state index is -0.528. The van der Waals surface area contributed by atoms with Crippen LogP contribution in [0.3, 0.4) is 0 Å². The molecular weight excluding hydrogens is 366 g/mol. The van der Waals surface area contributed by atoms with Crippen LogP contribution in [-0.4, -0.2) is 25.4 Å². The first-order valence-corrected chi connectivity index (χ1v) is 8.69. The van der Waals surface area contributed by atoms with Gasteiger partial charge in [-0.05, 0) is 25.0 Å². The number of benzene rings is 1. The Bertz CT molecular complexity index is 968. The van der Waals surface area contributed by atoms with Gasteiger partial charge < -0.3 is 0 Å². The van der Waals surface area contributed by atoms with Crippen LogP contribution in [0.25, 0.3) is 16.9 Å². The molecule has 4 rings (SSSR count). The monoisotopic (exact) mass is 378 g/mol. The number of hydrogen-bond acceptors (Lipinski definition) is 4. The topological polar surface area (TPSA) is 60.2 Å². The third-order valence-electron chi connectivity index (χ3n) is 4.52. The molecule has 1 fully saturated rings. The van der Waals surface area contributed by atoms with Crippen LogP contribution in [0.5, 0.6) is 0 Å². The van der Waals surface area contributed by atoms with Crippen LogP contribution in [0.4, 0.5) is 4.39 Å². The Morgan fingerprint density at radius 3 is 2.80 bits per heavy atom. The van der Waals surface area contributed by atoms with E-state index >= 15 is 0 Å². The molecule has 0 bridgehead atoms. The van der Waals surface area contributed by atoms with E-state index in [0.717, 1.165) is 12.8 Å². The molecular formula is C17H13Cl2FN4O. The van der Waals surface area contributed by atoms with Gasteiger partial charge in [0.15, 0.2) is 0 Å². The van der Waals surface area contributed by atoms with Crippen LogP contribution in [0.2, 0.25) is 10.2 Å². The molecule has 1 aliphatic rings. The van der Waals surface area contributed by atoms with Crippen LogP contribution in [0.15, 0.2) is 24.5 Å². The predicted molar refractivity (Wildman–Crippen MR) is 92.4 cm³/mol. The van der Waals surface area contributed by atoms with E-state index < -0.39 is 11.7 Å². The van der Waals surface area contributed by atoms with Crippen molar-refractivity contribution < 1.29 is 9.18 Å². The molecule has 0 amide bonds. The molecule has 1 aromatic carbocycles. The highest BCUT2D eigenvalue weighted by Gasteiger charge is 2.32. The minimum absolute atomic E-state index is 0.0564. The van der Waals surface area contributed by atoms with Gasteiger partial charge in [-0.3, -0.25) is 4.79 Å². The zero-order valence-corrected chi connectivity index (χ0v) is 14.6. The maximum Gasteiger partial charge on any atom is 0.253 e. The molecule has 1 atom stereocenters. The second-order valence-corrected chi connectivity index (χ2v) is 6.76. The van der Waals surface area contributed by atoms with Crippen LogP contribution in [0.1, 0.15) is 37.3 Å². The molecule has 2 aromatic heterocycles. The first-order chi connectivity index (χ1) is 12.1. The normalized spacial score (nSPS) is 18.0. The van der Waals surface area contributed by atoms with Crippen molar-refractivity contribution in [3.05, 3.63) is 46.2 Å². The molecule has 2 heterocycles. The lowest BCUT2D eigenvalue weighted by Crippen LogP contribution is -2.22. The van der Waals surface area contributed by atoms with Crippen LogP contribution in [-0.2, 0) is 4.79 Å². The molecule has 0 aliphatic heterocycles. The summed E-state index contributed by atoms with van der Waals surface area (Å²) in [5, 5.41) is 4.44. The minimum Gasteiger partial charge on any atom is -0.299 e. The number of carbonyl (C=O) groups excluding carboxylic acids is 1. The lowest BCUT2D eigenvalue weighted by molar-refractivity contribution is -0.122. The van der Waals surface area contributed by atoms with E-state index in [1.807, 2.05) is 0 Å². The van der Waals surface area contributed by atoms with E-state index in [1.54, 1.807) is 6.07 Å². The predicted octanol–water partition coefficient (Wildman–Crippen LogP) is 4.46. The van der Waals surface area contributed by atoms with E-state index in [0.29, 0.717) is 24.1 Å². The summed E-state index contributed by atoms with van der Waals surface area (Å²) in [5.74, 6) is -0.613. The van der Waals surface area contributed by atoms with E-state index in [9.17, 15) is 9.18 Å². The zero-order chi connectivity index (χ0) is 17.6. The lowest BCUT2D eigenvalue weighted by atomic mass is 9.83. The van der Waals surface area contributed by atoms with Gasteiger partial charge in [0.1, 0.15) is 23.1 Å². The summed E-state index contributed by atoms with van der Waals surface area (Å²) >= 11 is 12.6. The second kappa shape index (κ2) is 6.35. The average Bonchev–Trinajstić information content (AvgIpc) is 3.03. The van der Waals surface area contributed by atoms with Crippen molar-refractivity contribution in [1.29, 1.82) is 0 Å². The summed E-state index contributed by atoms with van der Waals surface area (Å²) in [4.78, 5) is 20.8. The largest absolute Gasteiger partial charge is 0.299 e. The summed E-state index contributed by atoms with van der Waals surface area (Å²) in [6.45, 7) is 0. The van der Waals surface area contributed by atoms with Crippen LogP contribution in [0, 0.1) is 5.82 Å². The van der Waals surface area contributed by atoms with Gasteiger partial charge in [0.05, 0.1) is 16.6 Å². The van der Waals surface area contributed by atoms with Crippen molar-refractivity contribution in [3.63, 3.8) is 0 Å². The molecule has 0 spiro atoms. The van der Waals surface area contributed by atoms with E-state index in [1.165, 1.54) is 23.0 Å². The number of carbonyl (C=O) groups is 1. The fourth-order valence-corrected chi connectivity index (χ4v) is 3.92. The van der Waals surface area contributed by atoms with Gasteiger partial charge in [-0.25, -0.2) is 4.39 Å². The quantitative estimate of drug-likeness (QED) is 0.617. The van der Waals surface area contributed by atoms with Crippen molar-refractivity contribution in [1.82, 2.24) is 19.6 Å².